The molecule has 3 rings (SSSR count). The van der Waals surface area contributed by atoms with Gasteiger partial charge in [0.15, 0.2) is 0 Å². The Kier molecular flexibility index (Phi) is 5.38. The van der Waals surface area contributed by atoms with Gasteiger partial charge in [-0.25, -0.2) is 9.78 Å². The van der Waals surface area contributed by atoms with Crippen molar-refractivity contribution in [3.63, 3.8) is 0 Å². The molecule has 0 saturated carbocycles. The molecule has 6 heteroatoms. The van der Waals surface area contributed by atoms with Crippen molar-refractivity contribution < 1.29 is 14.3 Å². The second-order valence-corrected chi connectivity index (χ2v) is 6.43. The van der Waals surface area contributed by atoms with Gasteiger partial charge in [-0.2, -0.15) is 0 Å². The molecule has 0 fully saturated rings. The first-order chi connectivity index (χ1) is 12.1. The lowest BCUT2D eigenvalue weighted by Crippen LogP contribution is -2.42. The molecule has 6 nitrogen and oxygen atoms in total. The van der Waals surface area contributed by atoms with Crippen molar-refractivity contribution in [2.75, 3.05) is 13.2 Å². The Labute approximate surface area is 147 Å². The number of carbonyl (C=O) groups is 1. The number of hydrogen-bond acceptors (Lipinski definition) is 4. The number of oxazole rings is 1. The normalized spacial score (nSPS) is 15.9. The van der Waals surface area contributed by atoms with Crippen molar-refractivity contribution in [3.8, 4) is 0 Å². The quantitative estimate of drug-likeness (QED) is 0.845. The summed E-state index contributed by atoms with van der Waals surface area (Å²) in [5.41, 5.74) is 3.35. The summed E-state index contributed by atoms with van der Waals surface area (Å²) in [4.78, 5) is 18.9. The first kappa shape index (κ1) is 17.5. The number of aliphatic hydroxyl groups excluding tert-OH is 1. The lowest BCUT2D eigenvalue weighted by atomic mass is 10.1. The summed E-state index contributed by atoms with van der Waals surface area (Å²) in [7, 11) is 0. The molecule has 0 spiro atoms. The third-order valence-corrected chi connectivity index (χ3v) is 4.76. The Morgan fingerprint density at radius 2 is 2.20 bits per heavy atom. The second kappa shape index (κ2) is 7.70. The van der Waals surface area contributed by atoms with Crippen LogP contribution in [0.5, 0.6) is 0 Å². The van der Waals surface area contributed by atoms with E-state index in [1.807, 2.05) is 30.9 Å². The van der Waals surface area contributed by atoms with Gasteiger partial charge in [-0.1, -0.05) is 24.3 Å². The molecule has 0 aliphatic heterocycles. The molecule has 0 radical (unpaired) electrons. The van der Waals surface area contributed by atoms with Gasteiger partial charge in [0.2, 0.25) is 5.89 Å². The molecule has 2 N–H and O–H groups in total. The first-order valence-corrected chi connectivity index (χ1v) is 8.76. The number of aromatic nitrogens is 1. The van der Waals surface area contributed by atoms with Crippen LogP contribution >= 0.6 is 0 Å². The van der Waals surface area contributed by atoms with E-state index in [1.165, 1.54) is 11.1 Å². The van der Waals surface area contributed by atoms with Gasteiger partial charge in [0.1, 0.15) is 5.76 Å². The topological polar surface area (TPSA) is 78.6 Å². The highest BCUT2D eigenvalue weighted by molar-refractivity contribution is 5.75. The van der Waals surface area contributed by atoms with Crippen LogP contribution in [0.2, 0.25) is 0 Å². The van der Waals surface area contributed by atoms with E-state index in [0.29, 0.717) is 18.9 Å². The van der Waals surface area contributed by atoms with E-state index < -0.39 is 0 Å². The Morgan fingerprint density at radius 3 is 2.92 bits per heavy atom. The Balaban J connectivity index is 1.70. The lowest BCUT2D eigenvalue weighted by Gasteiger charge is -2.29. The molecule has 25 heavy (non-hydrogen) atoms. The maximum atomic E-state index is 12.8. The van der Waals surface area contributed by atoms with Gasteiger partial charge in [0, 0.05) is 13.2 Å². The summed E-state index contributed by atoms with van der Waals surface area (Å²) in [5.74, 6) is 1.28. The summed E-state index contributed by atoms with van der Waals surface area (Å²) in [5, 5.41) is 12.1. The van der Waals surface area contributed by atoms with Crippen molar-refractivity contribution in [1.82, 2.24) is 15.2 Å². The minimum absolute atomic E-state index is 0.0517. The number of aliphatic hydroxyl groups is 1. The number of hydrogen-bond donors (Lipinski definition) is 2. The highest BCUT2D eigenvalue weighted by Gasteiger charge is 2.30. The second-order valence-electron chi connectivity index (χ2n) is 6.43. The molecule has 1 aliphatic rings. The molecule has 1 aliphatic carbocycles. The molecule has 0 unspecified atom stereocenters. The van der Waals surface area contributed by atoms with Crippen LogP contribution in [0, 0.1) is 13.8 Å². The fourth-order valence-electron chi connectivity index (χ4n) is 3.37. The summed E-state index contributed by atoms with van der Waals surface area (Å²) >= 11 is 0. The molecule has 1 atom stereocenters. The van der Waals surface area contributed by atoms with E-state index in [0.717, 1.165) is 24.3 Å². The molecule has 134 valence electrons. The van der Waals surface area contributed by atoms with Crippen molar-refractivity contribution in [1.29, 1.82) is 0 Å². The summed E-state index contributed by atoms with van der Waals surface area (Å²) in [6.45, 7) is 4.59. The van der Waals surface area contributed by atoms with E-state index in [4.69, 9.17) is 4.42 Å². The number of aryl methyl sites for hydroxylation is 3. The number of nitrogens with one attached hydrogen (secondary N) is 1. The minimum atomic E-state index is -0.149. The van der Waals surface area contributed by atoms with E-state index in [2.05, 4.69) is 22.4 Å². The van der Waals surface area contributed by atoms with Gasteiger partial charge >= 0.3 is 6.03 Å². The maximum absolute atomic E-state index is 12.8. The average Bonchev–Trinajstić information content (AvgIpc) is 3.17. The summed E-state index contributed by atoms with van der Waals surface area (Å²) in [6, 6.07) is 8.16. The zero-order chi connectivity index (χ0) is 17.8. The number of rotatable bonds is 6. The van der Waals surface area contributed by atoms with Gasteiger partial charge in [0.25, 0.3) is 0 Å². The summed E-state index contributed by atoms with van der Waals surface area (Å²) in [6.07, 6.45) is 2.45. The van der Waals surface area contributed by atoms with E-state index >= 15 is 0 Å². The van der Waals surface area contributed by atoms with Crippen molar-refractivity contribution in [2.45, 2.75) is 45.7 Å². The van der Waals surface area contributed by atoms with Crippen LogP contribution in [0.4, 0.5) is 4.79 Å². The smallest absolute Gasteiger partial charge is 0.318 e. The minimum Gasteiger partial charge on any atom is -0.444 e. The van der Waals surface area contributed by atoms with Crippen molar-refractivity contribution in [2.24, 2.45) is 0 Å². The van der Waals surface area contributed by atoms with Gasteiger partial charge < -0.3 is 19.7 Å². The fraction of sp³-hybridized carbons (Fsp3) is 0.474. The van der Waals surface area contributed by atoms with Crippen molar-refractivity contribution >= 4 is 6.03 Å². The molecular weight excluding hydrogens is 318 g/mol. The van der Waals surface area contributed by atoms with E-state index in [9.17, 15) is 9.90 Å². The third kappa shape index (κ3) is 3.85. The van der Waals surface area contributed by atoms with Crippen LogP contribution in [0.25, 0.3) is 0 Å². The van der Waals surface area contributed by atoms with Gasteiger partial charge in [-0.3, -0.25) is 0 Å². The Bertz CT molecular complexity index is 722. The zero-order valence-electron chi connectivity index (χ0n) is 14.8. The maximum Gasteiger partial charge on any atom is 0.318 e. The molecular formula is C19H25N3O3. The molecule has 0 saturated heterocycles. The van der Waals surface area contributed by atoms with Crippen LogP contribution in [-0.2, 0) is 13.0 Å². The standard InChI is InChI=1S/C19H25N3O3/c1-13-14(2)25-18(21-13)12-20-19(24)22(10-5-11-23)17-9-8-15-6-3-4-7-16(15)17/h3-4,6-7,17,23H,5,8-12H2,1-2H3,(H,20,24)/t17-/m0/s1. The van der Waals surface area contributed by atoms with E-state index in [1.54, 1.807) is 0 Å². The van der Waals surface area contributed by atoms with Gasteiger partial charge in [-0.05, 0) is 44.2 Å². The summed E-state index contributed by atoms with van der Waals surface area (Å²) < 4.78 is 5.52. The predicted molar refractivity (Wildman–Crippen MR) is 94.1 cm³/mol. The Morgan fingerprint density at radius 1 is 1.40 bits per heavy atom. The molecule has 1 aromatic carbocycles. The largest absolute Gasteiger partial charge is 0.444 e. The number of urea groups is 1. The molecule has 2 amide bonds. The van der Waals surface area contributed by atoms with Crippen LogP contribution in [0.1, 0.15) is 47.4 Å². The Hall–Kier alpha value is -2.34. The third-order valence-electron chi connectivity index (χ3n) is 4.76. The number of fused-ring (bicyclic) bond motifs is 1. The van der Waals surface area contributed by atoms with Crippen LogP contribution < -0.4 is 5.32 Å². The lowest BCUT2D eigenvalue weighted by molar-refractivity contribution is 0.163. The molecule has 0 bridgehead atoms. The number of nitrogens with zero attached hydrogens (tertiary/aromatic N) is 2. The number of amides is 2. The fourth-order valence-corrected chi connectivity index (χ4v) is 3.37. The number of benzene rings is 1. The average molecular weight is 343 g/mol. The number of carbonyl (C=O) groups excluding carboxylic acids is 1. The highest BCUT2D eigenvalue weighted by atomic mass is 16.4. The predicted octanol–water partition coefficient (Wildman–Crippen LogP) is 2.87. The molecule has 1 aromatic heterocycles. The van der Waals surface area contributed by atoms with Crippen LogP contribution in [-0.4, -0.2) is 34.2 Å². The highest BCUT2D eigenvalue weighted by Crippen LogP contribution is 2.35. The van der Waals surface area contributed by atoms with Crippen LogP contribution in [0.3, 0.4) is 0 Å². The SMILES string of the molecule is Cc1nc(CNC(=O)N(CCCO)[C@H]2CCc3ccccc32)oc1C. The molecule has 1 heterocycles. The van der Waals surface area contributed by atoms with E-state index in [-0.39, 0.29) is 25.2 Å². The van der Waals surface area contributed by atoms with Gasteiger partial charge in [-0.15, -0.1) is 0 Å². The first-order valence-electron chi connectivity index (χ1n) is 8.76. The monoisotopic (exact) mass is 343 g/mol. The molecule has 2 aromatic rings. The van der Waals surface area contributed by atoms with Gasteiger partial charge in [0.05, 0.1) is 18.3 Å². The van der Waals surface area contributed by atoms with Crippen LogP contribution in [0.15, 0.2) is 28.7 Å². The zero-order valence-corrected chi connectivity index (χ0v) is 14.8. The van der Waals surface area contributed by atoms with Crippen molar-refractivity contribution in [3.05, 3.63) is 52.7 Å².